The highest BCUT2D eigenvalue weighted by molar-refractivity contribution is 5.19. The molecule has 0 fully saturated rings. The van der Waals surface area contributed by atoms with Gasteiger partial charge in [-0.1, -0.05) is 44.2 Å². The van der Waals surface area contributed by atoms with Gasteiger partial charge >= 0.3 is 0 Å². The quantitative estimate of drug-likeness (QED) is 0.780. The van der Waals surface area contributed by atoms with Gasteiger partial charge in [0.1, 0.15) is 0 Å². The number of nitrogens with one attached hydrogen (secondary N) is 1. The summed E-state index contributed by atoms with van der Waals surface area (Å²) in [6.07, 6.45) is 1.49. The van der Waals surface area contributed by atoms with E-state index >= 15 is 0 Å². The second kappa shape index (κ2) is 7.93. The van der Waals surface area contributed by atoms with Crippen LogP contribution in [-0.4, -0.2) is 20.3 Å². The standard InChI is InChI=1S/C16H24N2O/c1-16(2,10-12-19-3)13-18-15(9-11-17)14-7-5-4-6-8-14/h4-8,15,18H,9-10,12-13H2,1-3H3. The zero-order valence-corrected chi connectivity index (χ0v) is 12.1. The summed E-state index contributed by atoms with van der Waals surface area (Å²) in [4.78, 5) is 0. The van der Waals surface area contributed by atoms with E-state index in [1.165, 1.54) is 5.56 Å². The molecular weight excluding hydrogens is 236 g/mol. The minimum atomic E-state index is 0.105. The van der Waals surface area contributed by atoms with E-state index in [-0.39, 0.29) is 11.5 Å². The largest absolute Gasteiger partial charge is 0.385 e. The lowest BCUT2D eigenvalue weighted by molar-refractivity contribution is 0.149. The molecule has 0 saturated carbocycles. The predicted octanol–water partition coefficient (Wildman–Crippen LogP) is 3.29. The van der Waals surface area contributed by atoms with E-state index in [9.17, 15) is 0 Å². The number of hydrogen-bond donors (Lipinski definition) is 1. The molecule has 0 aliphatic rings. The first-order valence-electron chi connectivity index (χ1n) is 6.73. The smallest absolute Gasteiger partial charge is 0.0641 e. The van der Waals surface area contributed by atoms with Gasteiger partial charge in [0.25, 0.3) is 0 Å². The summed E-state index contributed by atoms with van der Waals surface area (Å²) < 4.78 is 5.14. The molecule has 0 aliphatic heterocycles. The fourth-order valence-electron chi connectivity index (χ4n) is 1.95. The molecule has 0 aromatic heterocycles. The second-order valence-electron chi connectivity index (χ2n) is 5.61. The van der Waals surface area contributed by atoms with Gasteiger partial charge in [-0.25, -0.2) is 0 Å². The van der Waals surface area contributed by atoms with Crippen LogP contribution in [0, 0.1) is 16.7 Å². The van der Waals surface area contributed by atoms with Crippen molar-refractivity contribution in [1.82, 2.24) is 5.32 Å². The number of nitrogens with zero attached hydrogens (tertiary/aromatic N) is 1. The maximum absolute atomic E-state index is 8.96. The van der Waals surface area contributed by atoms with E-state index in [0.29, 0.717) is 6.42 Å². The molecular formula is C16H24N2O. The Morgan fingerprint density at radius 3 is 2.58 bits per heavy atom. The summed E-state index contributed by atoms with van der Waals surface area (Å²) in [5.74, 6) is 0. The topological polar surface area (TPSA) is 45.0 Å². The monoisotopic (exact) mass is 260 g/mol. The molecule has 1 aromatic rings. The Labute approximate surface area is 116 Å². The fourth-order valence-corrected chi connectivity index (χ4v) is 1.95. The summed E-state index contributed by atoms with van der Waals surface area (Å²) in [6, 6.07) is 12.5. The number of ether oxygens (including phenoxy) is 1. The van der Waals surface area contributed by atoms with Gasteiger partial charge in [0.05, 0.1) is 12.5 Å². The Bertz CT molecular complexity index is 395. The Balaban J connectivity index is 2.58. The van der Waals surface area contributed by atoms with Crippen LogP contribution in [0.1, 0.15) is 38.3 Å². The number of hydrogen-bond acceptors (Lipinski definition) is 3. The van der Waals surface area contributed by atoms with Crippen LogP contribution in [0.3, 0.4) is 0 Å². The van der Waals surface area contributed by atoms with E-state index in [0.717, 1.165) is 19.6 Å². The van der Waals surface area contributed by atoms with Crippen molar-refractivity contribution in [3.63, 3.8) is 0 Å². The Hall–Kier alpha value is -1.37. The van der Waals surface area contributed by atoms with Gasteiger partial charge < -0.3 is 10.1 Å². The zero-order valence-electron chi connectivity index (χ0n) is 12.1. The third-order valence-electron chi connectivity index (χ3n) is 3.31. The molecule has 19 heavy (non-hydrogen) atoms. The molecule has 0 aliphatic carbocycles. The molecule has 1 rings (SSSR count). The molecule has 1 atom stereocenters. The van der Waals surface area contributed by atoms with Crippen molar-refractivity contribution in [2.45, 2.75) is 32.7 Å². The van der Waals surface area contributed by atoms with E-state index in [4.69, 9.17) is 10.00 Å². The number of methoxy groups -OCH3 is 1. The first-order chi connectivity index (χ1) is 9.09. The van der Waals surface area contributed by atoms with Crippen LogP contribution in [0.4, 0.5) is 0 Å². The predicted molar refractivity (Wildman–Crippen MR) is 77.7 cm³/mol. The van der Waals surface area contributed by atoms with Gasteiger partial charge in [0.2, 0.25) is 0 Å². The van der Waals surface area contributed by atoms with E-state index in [1.54, 1.807) is 7.11 Å². The SMILES string of the molecule is COCCC(C)(C)CNC(CC#N)c1ccccc1. The molecule has 0 bridgehead atoms. The van der Waals surface area contributed by atoms with Gasteiger partial charge in [0, 0.05) is 26.3 Å². The summed E-state index contributed by atoms with van der Waals surface area (Å²) >= 11 is 0. The number of nitriles is 1. The van der Waals surface area contributed by atoms with Crippen molar-refractivity contribution >= 4 is 0 Å². The molecule has 1 unspecified atom stereocenters. The lowest BCUT2D eigenvalue weighted by Gasteiger charge is -2.27. The van der Waals surface area contributed by atoms with Crippen LogP contribution in [0.5, 0.6) is 0 Å². The van der Waals surface area contributed by atoms with E-state index in [1.807, 2.05) is 18.2 Å². The molecule has 1 aromatic carbocycles. The van der Waals surface area contributed by atoms with E-state index in [2.05, 4.69) is 37.4 Å². The van der Waals surface area contributed by atoms with Crippen LogP contribution in [0.15, 0.2) is 30.3 Å². The molecule has 3 heteroatoms. The molecule has 3 nitrogen and oxygen atoms in total. The molecule has 0 amide bonds. The summed E-state index contributed by atoms with van der Waals surface area (Å²) in [5, 5.41) is 12.5. The summed E-state index contributed by atoms with van der Waals surface area (Å²) in [7, 11) is 1.73. The van der Waals surface area contributed by atoms with Gasteiger partial charge in [-0.05, 0) is 17.4 Å². The zero-order chi connectivity index (χ0) is 14.1. The number of rotatable bonds is 8. The maximum atomic E-state index is 8.96. The highest BCUT2D eigenvalue weighted by atomic mass is 16.5. The van der Waals surface area contributed by atoms with Crippen LogP contribution in [-0.2, 0) is 4.74 Å². The number of benzene rings is 1. The minimum absolute atomic E-state index is 0.105. The Kier molecular flexibility index (Phi) is 6.55. The molecule has 104 valence electrons. The van der Waals surface area contributed by atoms with Gasteiger partial charge in [0.15, 0.2) is 0 Å². The van der Waals surface area contributed by atoms with E-state index < -0.39 is 0 Å². The maximum Gasteiger partial charge on any atom is 0.0641 e. The molecule has 0 heterocycles. The average molecular weight is 260 g/mol. The van der Waals surface area contributed by atoms with Crippen LogP contribution in [0.2, 0.25) is 0 Å². The van der Waals surface area contributed by atoms with Crippen LogP contribution >= 0.6 is 0 Å². The third-order valence-corrected chi connectivity index (χ3v) is 3.31. The molecule has 1 N–H and O–H groups in total. The second-order valence-corrected chi connectivity index (χ2v) is 5.61. The van der Waals surface area contributed by atoms with Crippen molar-refractivity contribution < 1.29 is 4.74 Å². The summed E-state index contributed by atoms with van der Waals surface area (Å²) in [6.45, 7) is 6.07. The van der Waals surface area contributed by atoms with Crippen molar-refractivity contribution in [2.75, 3.05) is 20.3 Å². The Morgan fingerprint density at radius 1 is 1.32 bits per heavy atom. The lowest BCUT2D eigenvalue weighted by Crippen LogP contribution is -2.33. The average Bonchev–Trinajstić information content (AvgIpc) is 2.42. The normalized spacial score (nSPS) is 12.9. The van der Waals surface area contributed by atoms with Crippen molar-refractivity contribution in [3.05, 3.63) is 35.9 Å². The molecule has 0 saturated heterocycles. The third kappa shape index (κ3) is 5.87. The highest BCUT2D eigenvalue weighted by Gasteiger charge is 2.20. The molecule has 0 spiro atoms. The molecule has 0 radical (unpaired) electrons. The van der Waals surface area contributed by atoms with Gasteiger partial charge in [-0.3, -0.25) is 0 Å². The van der Waals surface area contributed by atoms with Gasteiger partial charge in [-0.2, -0.15) is 5.26 Å². The van der Waals surface area contributed by atoms with Crippen molar-refractivity contribution in [2.24, 2.45) is 5.41 Å². The first-order valence-corrected chi connectivity index (χ1v) is 6.73. The lowest BCUT2D eigenvalue weighted by atomic mass is 9.89. The first kappa shape index (κ1) is 15.7. The summed E-state index contributed by atoms with van der Waals surface area (Å²) in [5.41, 5.74) is 1.34. The minimum Gasteiger partial charge on any atom is -0.385 e. The Morgan fingerprint density at radius 2 is 2.00 bits per heavy atom. The van der Waals surface area contributed by atoms with Crippen LogP contribution < -0.4 is 5.32 Å². The fraction of sp³-hybridized carbons (Fsp3) is 0.562. The highest BCUT2D eigenvalue weighted by Crippen LogP contribution is 2.22. The van der Waals surface area contributed by atoms with Crippen LogP contribution in [0.25, 0.3) is 0 Å². The van der Waals surface area contributed by atoms with Gasteiger partial charge in [-0.15, -0.1) is 0 Å². The van der Waals surface area contributed by atoms with Crippen molar-refractivity contribution in [3.8, 4) is 6.07 Å². The van der Waals surface area contributed by atoms with Crippen molar-refractivity contribution in [1.29, 1.82) is 5.26 Å².